The molecule has 0 aliphatic carbocycles. The summed E-state index contributed by atoms with van der Waals surface area (Å²) in [4.78, 5) is 29.8. The van der Waals surface area contributed by atoms with Crippen molar-refractivity contribution in [2.45, 2.75) is 13.8 Å². The number of carbonyl (C=O) groups excluding carboxylic acids is 1. The maximum atomic E-state index is 11.9. The Morgan fingerprint density at radius 2 is 1.72 bits per heavy atom. The first kappa shape index (κ1) is 18.5. The van der Waals surface area contributed by atoms with Crippen molar-refractivity contribution in [1.82, 2.24) is 19.9 Å². The molecule has 0 aliphatic heterocycles. The van der Waals surface area contributed by atoms with E-state index in [9.17, 15) is 4.79 Å². The molecule has 0 atom stereocenters. The number of rotatable bonds is 5. The predicted octanol–water partition coefficient (Wildman–Crippen LogP) is 4.32. The van der Waals surface area contributed by atoms with E-state index in [0.29, 0.717) is 29.8 Å². The van der Waals surface area contributed by atoms with Crippen LogP contribution in [0.4, 0.5) is 11.9 Å². The fourth-order valence-electron chi connectivity index (χ4n) is 2.99. The zero-order valence-corrected chi connectivity index (χ0v) is 16.1. The number of benzene rings is 2. The van der Waals surface area contributed by atoms with Crippen molar-refractivity contribution >= 4 is 28.8 Å². The average molecular weight is 385 g/mol. The number of aromatic nitrogens is 4. The molecular formula is C22H19N5O2. The number of para-hydroxylation sites is 1. The van der Waals surface area contributed by atoms with E-state index in [1.165, 1.54) is 6.20 Å². The largest absolute Gasteiger partial charge is 0.462 e. The van der Waals surface area contributed by atoms with Gasteiger partial charge in [-0.05, 0) is 19.9 Å². The number of esters is 1. The third kappa shape index (κ3) is 3.89. The lowest BCUT2D eigenvalue weighted by Crippen LogP contribution is -2.10. The maximum absolute atomic E-state index is 11.9. The molecule has 0 saturated carbocycles. The van der Waals surface area contributed by atoms with Gasteiger partial charge in [0, 0.05) is 17.1 Å². The van der Waals surface area contributed by atoms with Gasteiger partial charge in [-0.2, -0.15) is 0 Å². The summed E-state index contributed by atoms with van der Waals surface area (Å²) in [5.74, 6) is 0.251. The number of hydrogen-bond donors (Lipinski definition) is 1. The quantitative estimate of drug-likeness (QED) is 0.512. The Labute approximate surface area is 167 Å². The van der Waals surface area contributed by atoms with Gasteiger partial charge in [-0.1, -0.05) is 48.5 Å². The summed E-state index contributed by atoms with van der Waals surface area (Å²) in [7, 11) is 0. The van der Waals surface area contributed by atoms with E-state index in [-0.39, 0.29) is 0 Å². The molecule has 4 rings (SSSR count). The van der Waals surface area contributed by atoms with Crippen LogP contribution in [0.5, 0.6) is 0 Å². The Kier molecular flexibility index (Phi) is 5.11. The molecule has 0 saturated heterocycles. The van der Waals surface area contributed by atoms with E-state index in [0.717, 1.165) is 22.2 Å². The lowest BCUT2D eigenvalue weighted by Gasteiger charge is -2.10. The summed E-state index contributed by atoms with van der Waals surface area (Å²) in [6.45, 7) is 3.78. The maximum Gasteiger partial charge on any atom is 0.341 e. The number of aryl methyl sites for hydroxylation is 1. The van der Waals surface area contributed by atoms with Gasteiger partial charge < -0.3 is 4.74 Å². The number of nitrogens with one attached hydrogen (secondary N) is 1. The van der Waals surface area contributed by atoms with E-state index >= 15 is 0 Å². The van der Waals surface area contributed by atoms with Crippen molar-refractivity contribution < 1.29 is 9.53 Å². The van der Waals surface area contributed by atoms with E-state index in [2.05, 4.69) is 25.3 Å². The third-order valence-corrected chi connectivity index (χ3v) is 4.35. The summed E-state index contributed by atoms with van der Waals surface area (Å²) in [5.41, 5.74) is 3.47. The Morgan fingerprint density at radius 1 is 0.966 bits per heavy atom. The van der Waals surface area contributed by atoms with Crippen LogP contribution in [0, 0.1) is 6.92 Å². The van der Waals surface area contributed by atoms with Crippen molar-refractivity contribution in [3.05, 3.63) is 72.1 Å². The molecule has 144 valence electrons. The van der Waals surface area contributed by atoms with Crippen molar-refractivity contribution in [1.29, 1.82) is 0 Å². The lowest BCUT2D eigenvalue weighted by molar-refractivity contribution is 0.0524. The number of hydrogen-bond acceptors (Lipinski definition) is 7. The molecule has 7 nitrogen and oxygen atoms in total. The minimum Gasteiger partial charge on any atom is -0.462 e. The summed E-state index contributed by atoms with van der Waals surface area (Å²) >= 11 is 0. The fourth-order valence-corrected chi connectivity index (χ4v) is 2.99. The molecule has 0 fully saturated rings. The number of ether oxygens (including phenoxy) is 1. The third-order valence-electron chi connectivity index (χ3n) is 4.35. The first-order valence-electron chi connectivity index (χ1n) is 9.25. The molecule has 29 heavy (non-hydrogen) atoms. The van der Waals surface area contributed by atoms with Gasteiger partial charge in [0.05, 0.1) is 29.1 Å². The highest BCUT2D eigenvalue weighted by Crippen LogP contribution is 2.27. The summed E-state index contributed by atoms with van der Waals surface area (Å²) in [5, 5.41) is 4.01. The molecule has 0 unspecified atom stereocenters. The molecular weight excluding hydrogens is 366 g/mol. The van der Waals surface area contributed by atoms with Crippen molar-refractivity contribution in [3.8, 4) is 11.3 Å². The Balaban J connectivity index is 1.72. The molecule has 7 heteroatoms. The number of anilines is 2. The monoisotopic (exact) mass is 385 g/mol. The normalized spacial score (nSPS) is 10.7. The van der Waals surface area contributed by atoms with Gasteiger partial charge in [0.25, 0.3) is 0 Å². The molecule has 2 aromatic carbocycles. The summed E-state index contributed by atoms with van der Waals surface area (Å²) in [6.07, 6.45) is 1.45. The molecule has 1 N–H and O–H groups in total. The molecule has 4 aromatic rings. The van der Waals surface area contributed by atoms with Gasteiger partial charge in [-0.3, -0.25) is 5.32 Å². The van der Waals surface area contributed by atoms with Crippen LogP contribution in [0.1, 0.15) is 23.0 Å². The molecule has 0 amide bonds. The molecule has 0 aliphatic rings. The lowest BCUT2D eigenvalue weighted by atomic mass is 10.1. The smallest absolute Gasteiger partial charge is 0.341 e. The number of carbonyl (C=O) groups is 1. The van der Waals surface area contributed by atoms with Gasteiger partial charge >= 0.3 is 5.97 Å². The minimum absolute atomic E-state index is 0.297. The fraction of sp³-hybridized carbons (Fsp3) is 0.136. The van der Waals surface area contributed by atoms with Crippen LogP contribution in [0.15, 0.2) is 60.8 Å². The van der Waals surface area contributed by atoms with Crippen LogP contribution >= 0.6 is 0 Å². The number of nitrogens with zero attached hydrogens (tertiary/aromatic N) is 4. The van der Waals surface area contributed by atoms with E-state index in [4.69, 9.17) is 4.74 Å². The molecule has 0 radical (unpaired) electrons. The van der Waals surface area contributed by atoms with Crippen molar-refractivity contribution in [3.63, 3.8) is 0 Å². The van der Waals surface area contributed by atoms with Crippen LogP contribution < -0.4 is 5.32 Å². The van der Waals surface area contributed by atoms with E-state index in [1.54, 1.807) is 13.8 Å². The average Bonchev–Trinajstić information content (AvgIpc) is 2.74. The Bertz CT molecular complexity index is 1180. The van der Waals surface area contributed by atoms with Gasteiger partial charge in [0.2, 0.25) is 11.9 Å². The van der Waals surface area contributed by atoms with E-state index < -0.39 is 5.97 Å². The second-order valence-corrected chi connectivity index (χ2v) is 6.32. The minimum atomic E-state index is -0.440. The van der Waals surface area contributed by atoms with Crippen LogP contribution in [0.2, 0.25) is 0 Å². The van der Waals surface area contributed by atoms with Gasteiger partial charge in [-0.25, -0.2) is 24.7 Å². The van der Waals surface area contributed by atoms with Crippen LogP contribution in [-0.4, -0.2) is 32.5 Å². The second kappa shape index (κ2) is 8.02. The highest BCUT2D eigenvalue weighted by Gasteiger charge is 2.14. The highest BCUT2D eigenvalue weighted by molar-refractivity contribution is 5.93. The van der Waals surface area contributed by atoms with Crippen LogP contribution in [0.3, 0.4) is 0 Å². The molecule has 0 bridgehead atoms. The SMILES string of the molecule is CCOC(=O)c1cnc(Nc2nc(-c3ccccc3)c3ccccc3n2)nc1C. The van der Waals surface area contributed by atoms with Crippen LogP contribution in [0.25, 0.3) is 22.2 Å². The first-order valence-corrected chi connectivity index (χ1v) is 9.25. The molecule has 2 aromatic heterocycles. The highest BCUT2D eigenvalue weighted by atomic mass is 16.5. The topological polar surface area (TPSA) is 89.9 Å². The Morgan fingerprint density at radius 3 is 2.48 bits per heavy atom. The molecule has 0 spiro atoms. The summed E-state index contributed by atoms with van der Waals surface area (Å²) < 4.78 is 5.02. The van der Waals surface area contributed by atoms with Crippen LogP contribution in [-0.2, 0) is 4.74 Å². The zero-order chi connectivity index (χ0) is 20.2. The zero-order valence-electron chi connectivity index (χ0n) is 16.1. The second-order valence-electron chi connectivity index (χ2n) is 6.32. The first-order chi connectivity index (χ1) is 14.2. The van der Waals surface area contributed by atoms with Crippen molar-refractivity contribution in [2.75, 3.05) is 11.9 Å². The van der Waals surface area contributed by atoms with E-state index in [1.807, 2.05) is 54.6 Å². The molecule has 2 heterocycles. The van der Waals surface area contributed by atoms with Gasteiger partial charge in [0.1, 0.15) is 0 Å². The summed E-state index contributed by atoms with van der Waals surface area (Å²) in [6, 6.07) is 17.8. The predicted molar refractivity (Wildman–Crippen MR) is 111 cm³/mol. The number of fused-ring (bicyclic) bond motifs is 1. The van der Waals surface area contributed by atoms with Gasteiger partial charge in [-0.15, -0.1) is 0 Å². The van der Waals surface area contributed by atoms with Crippen molar-refractivity contribution in [2.24, 2.45) is 0 Å². The Hall–Kier alpha value is -3.87. The standard InChI is InChI=1S/C22H19N5O2/c1-3-29-20(28)17-13-23-21(24-14(17)2)27-22-25-18-12-8-7-11-16(18)19(26-22)15-9-5-4-6-10-15/h4-13H,3H2,1-2H3,(H,23,24,25,26,27). The van der Waals surface area contributed by atoms with Gasteiger partial charge in [0.15, 0.2) is 0 Å².